The molecule has 0 fully saturated rings. The first-order chi connectivity index (χ1) is 11.3. The van der Waals surface area contributed by atoms with Crippen molar-refractivity contribution in [2.24, 2.45) is 0 Å². The minimum atomic E-state index is 0.594. The molecule has 0 saturated carbocycles. The van der Waals surface area contributed by atoms with Crippen LogP contribution in [0.2, 0.25) is 0 Å². The van der Waals surface area contributed by atoms with Crippen LogP contribution in [0.1, 0.15) is 43.1 Å². The highest BCUT2D eigenvalue weighted by atomic mass is 16.5. The molecule has 0 radical (unpaired) electrons. The number of rotatable bonds is 7. The number of hydrogen-bond acceptors (Lipinski definition) is 3. The van der Waals surface area contributed by atoms with Crippen molar-refractivity contribution in [1.29, 1.82) is 0 Å². The van der Waals surface area contributed by atoms with Gasteiger partial charge < -0.3 is 4.52 Å². The van der Waals surface area contributed by atoms with E-state index in [0.717, 1.165) is 17.8 Å². The summed E-state index contributed by atoms with van der Waals surface area (Å²) in [5.74, 6) is 1.31. The Bertz CT molecular complexity index is 717. The maximum atomic E-state index is 5.40. The van der Waals surface area contributed by atoms with E-state index in [9.17, 15) is 0 Å². The average molecular weight is 306 g/mol. The Kier molecular flexibility index (Phi) is 5.20. The predicted molar refractivity (Wildman–Crippen MR) is 92.2 cm³/mol. The standard InChI is InChI=1S/C20H22N2O/c1-2-3-5-8-16-11-13-18(14-12-16)20-21-19(22-23-20)15-17-9-6-4-7-10-17/h4,6-7,9-14H,2-3,5,8,15H2,1H3. The normalized spacial score (nSPS) is 10.8. The van der Waals surface area contributed by atoms with Crippen LogP contribution < -0.4 is 0 Å². The van der Waals surface area contributed by atoms with Gasteiger partial charge >= 0.3 is 0 Å². The zero-order valence-electron chi connectivity index (χ0n) is 13.5. The van der Waals surface area contributed by atoms with Gasteiger partial charge in [0.1, 0.15) is 0 Å². The number of aromatic nitrogens is 2. The zero-order chi connectivity index (χ0) is 15.9. The van der Waals surface area contributed by atoms with E-state index in [1.165, 1.54) is 30.4 Å². The lowest BCUT2D eigenvalue weighted by Crippen LogP contribution is -1.90. The SMILES string of the molecule is CCCCCc1ccc(-c2nc(Cc3ccccc3)no2)cc1. The van der Waals surface area contributed by atoms with Gasteiger partial charge in [0.2, 0.25) is 0 Å². The van der Waals surface area contributed by atoms with E-state index >= 15 is 0 Å². The fourth-order valence-electron chi connectivity index (χ4n) is 2.61. The molecule has 0 spiro atoms. The number of benzene rings is 2. The monoisotopic (exact) mass is 306 g/mol. The summed E-state index contributed by atoms with van der Waals surface area (Å²) >= 11 is 0. The number of hydrogen-bond donors (Lipinski definition) is 0. The summed E-state index contributed by atoms with van der Waals surface area (Å²) in [6.45, 7) is 2.23. The van der Waals surface area contributed by atoms with Gasteiger partial charge in [0.25, 0.3) is 5.89 Å². The Hall–Kier alpha value is -2.42. The van der Waals surface area contributed by atoms with Crippen LogP contribution in [0.3, 0.4) is 0 Å². The summed E-state index contributed by atoms with van der Waals surface area (Å²) in [7, 11) is 0. The van der Waals surface area contributed by atoms with Crippen LogP contribution in [0.25, 0.3) is 11.5 Å². The molecule has 0 unspecified atom stereocenters. The van der Waals surface area contributed by atoms with Crippen LogP contribution in [-0.2, 0) is 12.8 Å². The molecule has 0 amide bonds. The van der Waals surface area contributed by atoms with Crippen molar-refractivity contribution < 1.29 is 4.52 Å². The topological polar surface area (TPSA) is 38.9 Å². The molecule has 3 aromatic rings. The second kappa shape index (κ2) is 7.73. The van der Waals surface area contributed by atoms with Crippen LogP contribution in [-0.4, -0.2) is 10.1 Å². The first kappa shape index (κ1) is 15.5. The van der Waals surface area contributed by atoms with Gasteiger partial charge in [-0.2, -0.15) is 4.98 Å². The van der Waals surface area contributed by atoms with E-state index < -0.39 is 0 Å². The molecule has 118 valence electrons. The number of unbranched alkanes of at least 4 members (excludes halogenated alkanes) is 2. The third-order valence-electron chi connectivity index (χ3n) is 3.94. The fourth-order valence-corrected chi connectivity index (χ4v) is 2.61. The first-order valence-electron chi connectivity index (χ1n) is 8.31. The lowest BCUT2D eigenvalue weighted by molar-refractivity contribution is 0.424. The largest absolute Gasteiger partial charge is 0.334 e. The molecule has 0 atom stereocenters. The van der Waals surface area contributed by atoms with Gasteiger partial charge in [-0.15, -0.1) is 0 Å². The third kappa shape index (κ3) is 4.28. The van der Waals surface area contributed by atoms with Gasteiger partial charge in [-0.05, 0) is 36.1 Å². The zero-order valence-corrected chi connectivity index (χ0v) is 13.5. The molecule has 0 aliphatic carbocycles. The highest BCUT2D eigenvalue weighted by Crippen LogP contribution is 2.19. The summed E-state index contributed by atoms with van der Waals surface area (Å²) < 4.78 is 5.40. The molecule has 3 heteroatoms. The van der Waals surface area contributed by atoms with E-state index in [1.54, 1.807) is 0 Å². The van der Waals surface area contributed by atoms with Crippen molar-refractivity contribution in [1.82, 2.24) is 10.1 Å². The number of nitrogens with zero attached hydrogens (tertiary/aromatic N) is 2. The van der Waals surface area contributed by atoms with Crippen LogP contribution in [0, 0.1) is 0 Å². The van der Waals surface area contributed by atoms with E-state index in [1.807, 2.05) is 18.2 Å². The molecule has 0 bridgehead atoms. The van der Waals surface area contributed by atoms with Crippen LogP contribution in [0.5, 0.6) is 0 Å². The molecule has 23 heavy (non-hydrogen) atoms. The van der Waals surface area contributed by atoms with Crippen LogP contribution >= 0.6 is 0 Å². The Morgan fingerprint density at radius 1 is 0.870 bits per heavy atom. The van der Waals surface area contributed by atoms with Crippen LogP contribution in [0.15, 0.2) is 59.1 Å². The summed E-state index contributed by atoms with van der Waals surface area (Å²) in [6, 6.07) is 18.6. The molecule has 1 aromatic heterocycles. The number of aryl methyl sites for hydroxylation is 1. The molecular weight excluding hydrogens is 284 g/mol. The second-order valence-corrected chi connectivity index (χ2v) is 5.83. The van der Waals surface area contributed by atoms with E-state index in [-0.39, 0.29) is 0 Å². The molecule has 2 aromatic carbocycles. The molecule has 3 rings (SSSR count). The van der Waals surface area contributed by atoms with Crippen molar-refractivity contribution in [3.63, 3.8) is 0 Å². The van der Waals surface area contributed by atoms with Gasteiger partial charge in [0.05, 0.1) is 0 Å². The Morgan fingerprint density at radius 2 is 1.65 bits per heavy atom. The van der Waals surface area contributed by atoms with Gasteiger partial charge in [0.15, 0.2) is 5.82 Å². The fraction of sp³-hybridized carbons (Fsp3) is 0.300. The summed E-state index contributed by atoms with van der Waals surface area (Å²) in [5.41, 5.74) is 3.54. The third-order valence-corrected chi connectivity index (χ3v) is 3.94. The van der Waals surface area contributed by atoms with Crippen molar-refractivity contribution in [3.8, 4) is 11.5 Å². The van der Waals surface area contributed by atoms with Crippen LogP contribution in [0.4, 0.5) is 0 Å². The minimum absolute atomic E-state index is 0.594. The quantitative estimate of drug-likeness (QED) is 0.573. The maximum Gasteiger partial charge on any atom is 0.257 e. The predicted octanol–water partition coefficient (Wildman–Crippen LogP) is 5.06. The van der Waals surface area contributed by atoms with Crippen molar-refractivity contribution in [2.45, 2.75) is 39.0 Å². The molecule has 0 aliphatic heterocycles. The smallest absolute Gasteiger partial charge is 0.257 e. The highest BCUT2D eigenvalue weighted by Gasteiger charge is 2.09. The van der Waals surface area contributed by atoms with E-state index in [4.69, 9.17) is 4.52 Å². The van der Waals surface area contributed by atoms with E-state index in [2.05, 4.69) is 53.5 Å². The first-order valence-corrected chi connectivity index (χ1v) is 8.31. The van der Waals surface area contributed by atoms with Gasteiger partial charge in [-0.25, -0.2) is 0 Å². The van der Waals surface area contributed by atoms with E-state index in [0.29, 0.717) is 12.3 Å². The molecular formula is C20H22N2O. The minimum Gasteiger partial charge on any atom is -0.334 e. The lowest BCUT2D eigenvalue weighted by atomic mass is 10.1. The summed E-state index contributed by atoms with van der Waals surface area (Å²) in [4.78, 5) is 4.50. The molecule has 3 nitrogen and oxygen atoms in total. The average Bonchev–Trinajstić information content (AvgIpc) is 3.05. The maximum absolute atomic E-state index is 5.40. The van der Waals surface area contributed by atoms with Gasteiger partial charge in [0, 0.05) is 12.0 Å². The van der Waals surface area contributed by atoms with Crippen molar-refractivity contribution in [3.05, 3.63) is 71.5 Å². The van der Waals surface area contributed by atoms with Crippen molar-refractivity contribution >= 4 is 0 Å². The highest BCUT2D eigenvalue weighted by molar-refractivity contribution is 5.53. The van der Waals surface area contributed by atoms with Crippen molar-refractivity contribution in [2.75, 3.05) is 0 Å². The second-order valence-electron chi connectivity index (χ2n) is 5.83. The molecule has 0 N–H and O–H groups in total. The molecule has 0 saturated heterocycles. The van der Waals surface area contributed by atoms with Gasteiger partial charge in [-0.3, -0.25) is 0 Å². The summed E-state index contributed by atoms with van der Waals surface area (Å²) in [5, 5.41) is 4.08. The lowest BCUT2D eigenvalue weighted by Gasteiger charge is -2.01. The Morgan fingerprint density at radius 3 is 2.39 bits per heavy atom. The Labute approximate surface area is 137 Å². The molecule has 1 heterocycles. The van der Waals surface area contributed by atoms with Gasteiger partial charge in [-0.1, -0.05) is 67.4 Å². The Balaban J connectivity index is 1.65. The summed E-state index contributed by atoms with van der Waals surface area (Å²) in [6.07, 6.45) is 5.62. The molecule has 0 aliphatic rings.